The van der Waals surface area contributed by atoms with Gasteiger partial charge in [-0.2, -0.15) is 0 Å². The third-order valence-electron chi connectivity index (χ3n) is 2.63. The Labute approximate surface area is 107 Å². The van der Waals surface area contributed by atoms with Gasteiger partial charge in [0.25, 0.3) is 0 Å². The molecule has 0 atom stereocenters. The van der Waals surface area contributed by atoms with Gasteiger partial charge in [0.05, 0.1) is 16.1 Å². The summed E-state index contributed by atoms with van der Waals surface area (Å²) in [5.74, 6) is -1.85. The minimum absolute atomic E-state index is 0.0990. The first-order valence-corrected chi connectivity index (χ1v) is 5.31. The first-order chi connectivity index (χ1) is 9.02. The first kappa shape index (κ1) is 12.6. The van der Waals surface area contributed by atoms with Gasteiger partial charge in [0.15, 0.2) is 5.75 Å². The number of aromatic hydroxyl groups is 1. The largest absolute Gasteiger partial charge is 0.502 e. The fourth-order valence-electron chi connectivity index (χ4n) is 1.84. The maximum atomic E-state index is 11.2. The van der Waals surface area contributed by atoms with Gasteiger partial charge in [-0.1, -0.05) is 30.3 Å². The molecule has 2 aromatic rings. The van der Waals surface area contributed by atoms with Gasteiger partial charge >= 0.3 is 11.7 Å². The molecule has 0 aromatic heterocycles. The Morgan fingerprint density at radius 2 is 1.74 bits per heavy atom. The molecule has 0 radical (unpaired) electrons. The zero-order valence-electron chi connectivity index (χ0n) is 9.61. The third kappa shape index (κ3) is 2.23. The Balaban J connectivity index is 2.85. The van der Waals surface area contributed by atoms with Crippen LogP contribution in [0.5, 0.6) is 5.75 Å². The molecule has 96 valence electrons. The van der Waals surface area contributed by atoms with Gasteiger partial charge in [-0.15, -0.1) is 0 Å². The number of carbonyl (C=O) groups is 1. The van der Waals surface area contributed by atoms with Crippen molar-refractivity contribution in [3.63, 3.8) is 0 Å². The van der Waals surface area contributed by atoms with E-state index in [9.17, 15) is 20.0 Å². The monoisotopic (exact) mass is 259 g/mol. The second kappa shape index (κ2) is 4.77. The number of aromatic carboxylic acids is 1. The second-order valence-electron chi connectivity index (χ2n) is 3.78. The fraction of sp³-hybridized carbons (Fsp3) is 0. The topological polar surface area (TPSA) is 101 Å². The lowest BCUT2D eigenvalue weighted by Crippen LogP contribution is -2.03. The predicted molar refractivity (Wildman–Crippen MR) is 67.2 cm³/mol. The summed E-state index contributed by atoms with van der Waals surface area (Å²) in [6.45, 7) is 0. The number of phenolic OH excluding ortho intramolecular Hbond substituents is 1. The number of nitrogens with zero attached hydrogens (tertiary/aromatic N) is 1. The number of hydrogen-bond donors (Lipinski definition) is 2. The maximum Gasteiger partial charge on any atom is 0.336 e. The summed E-state index contributed by atoms with van der Waals surface area (Å²) >= 11 is 0. The number of benzene rings is 2. The highest BCUT2D eigenvalue weighted by Gasteiger charge is 2.26. The van der Waals surface area contributed by atoms with Gasteiger partial charge in [0.2, 0.25) is 0 Å². The maximum absolute atomic E-state index is 11.2. The zero-order chi connectivity index (χ0) is 14.0. The molecule has 2 aromatic carbocycles. The SMILES string of the molecule is O=C(O)c1ccc(O)c([N+](=O)[O-])c1-c1ccccc1. The van der Waals surface area contributed by atoms with E-state index in [0.29, 0.717) is 5.56 Å². The normalized spacial score (nSPS) is 10.1. The van der Waals surface area contributed by atoms with Gasteiger partial charge < -0.3 is 10.2 Å². The van der Waals surface area contributed by atoms with Crippen molar-refractivity contribution in [2.45, 2.75) is 0 Å². The van der Waals surface area contributed by atoms with E-state index in [1.807, 2.05) is 0 Å². The zero-order valence-corrected chi connectivity index (χ0v) is 9.61. The summed E-state index contributed by atoms with van der Waals surface area (Å²) in [6, 6.07) is 10.2. The molecule has 2 rings (SSSR count). The molecule has 0 amide bonds. The Kier molecular flexibility index (Phi) is 3.15. The average Bonchev–Trinajstić information content (AvgIpc) is 2.38. The van der Waals surface area contributed by atoms with E-state index in [1.54, 1.807) is 30.3 Å². The fourth-order valence-corrected chi connectivity index (χ4v) is 1.84. The molecule has 6 nitrogen and oxygen atoms in total. The molecule has 0 spiro atoms. The molecule has 6 heteroatoms. The van der Waals surface area contributed by atoms with Crippen LogP contribution < -0.4 is 0 Å². The van der Waals surface area contributed by atoms with Crippen LogP contribution in [-0.2, 0) is 0 Å². The van der Waals surface area contributed by atoms with Crippen molar-refractivity contribution in [2.24, 2.45) is 0 Å². The van der Waals surface area contributed by atoms with Crippen molar-refractivity contribution in [2.75, 3.05) is 0 Å². The van der Waals surface area contributed by atoms with Crippen molar-refractivity contribution in [1.29, 1.82) is 0 Å². The van der Waals surface area contributed by atoms with Gasteiger partial charge in [-0.3, -0.25) is 10.1 Å². The van der Waals surface area contributed by atoms with Crippen LogP contribution in [0.4, 0.5) is 5.69 Å². The number of hydrogen-bond acceptors (Lipinski definition) is 4. The van der Waals surface area contributed by atoms with Crippen molar-refractivity contribution < 1.29 is 19.9 Å². The Morgan fingerprint density at radius 1 is 1.11 bits per heavy atom. The van der Waals surface area contributed by atoms with E-state index in [2.05, 4.69) is 0 Å². The van der Waals surface area contributed by atoms with Crippen molar-refractivity contribution in [1.82, 2.24) is 0 Å². The van der Waals surface area contributed by atoms with Crippen LogP contribution in [0.3, 0.4) is 0 Å². The standard InChI is InChI=1S/C13H9NO5/c15-10-7-6-9(13(16)17)11(12(10)14(18)19)8-4-2-1-3-5-8/h1-7,15H,(H,16,17). The Morgan fingerprint density at radius 3 is 2.26 bits per heavy atom. The summed E-state index contributed by atoms with van der Waals surface area (Å²) in [5.41, 5.74) is -0.567. The number of rotatable bonds is 3. The molecule has 0 heterocycles. The molecule has 0 unspecified atom stereocenters. The lowest BCUT2D eigenvalue weighted by molar-refractivity contribution is -0.385. The van der Waals surface area contributed by atoms with Crippen LogP contribution in [0, 0.1) is 10.1 Å². The second-order valence-corrected chi connectivity index (χ2v) is 3.78. The molecule has 0 saturated carbocycles. The Bertz CT molecular complexity index is 652. The molecule has 0 aliphatic heterocycles. The molecule has 0 aliphatic carbocycles. The third-order valence-corrected chi connectivity index (χ3v) is 2.63. The van der Waals surface area contributed by atoms with Gasteiger partial charge in [-0.25, -0.2) is 4.79 Å². The minimum Gasteiger partial charge on any atom is -0.502 e. The molecule has 0 fully saturated rings. The van der Waals surface area contributed by atoms with E-state index in [-0.39, 0.29) is 11.1 Å². The quantitative estimate of drug-likeness (QED) is 0.651. The summed E-state index contributed by atoms with van der Waals surface area (Å²) in [6.07, 6.45) is 0. The molecule has 2 N–H and O–H groups in total. The minimum atomic E-state index is -1.29. The summed E-state index contributed by atoms with van der Waals surface area (Å²) in [4.78, 5) is 21.4. The van der Waals surface area contributed by atoms with Crippen molar-refractivity contribution in [3.8, 4) is 16.9 Å². The van der Waals surface area contributed by atoms with E-state index < -0.39 is 22.3 Å². The van der Waals surface area contributed by atoms with Gasteiger partial charge in [0.1, 0.15) is 0 Å². The van der Waals surface area contributed by atoms with E-state index in [1.165, 1.54) is 0 Å². The summed E-state index contributed by atoms with van der Waals surface area (Å²) in [7, 11) is 0. The van der Waals surface area contributed by atoms with Crippen LogP contribution in [0.25, 0.3) is 11.1 Å². The summed E-state index contributed by atoms with van der Waals surface area (Å²) in [5, 5.41) is 29.8. The number of carboxylic acids is 1. The van der Waals surface area contributed by atoms with Gasteiger partial charge in [0, 0.05) is 0 Å². The molecular formula is C13H9NO5. The van der Waals surface area contributed by atoms with Crippen LogP contribution in [-0.4, -0.2) is 21.1 Å². The van der Waals surface area contributed by atoms with Crippen LogP contribution >= 0.6 is 0 Å². The van der Waals surface area contributed by atoms with Crippen LogP contribution in [0.1, 0.15) is 10.4 Å². The number of nitro groups is 1. The van der Waals surface area contributed by atoms with Crippen molar-refractivity contribution in [3.05, 3.63) is 58.1 Å². The molecular weight excluding hydrogens is 250 g/mol. The smallest absolute Gasteiger partial charge is 0.336 e. The molecule has 19 heavy (non-hydrogen) atoms. The van der Waals surface area contributed by atoms with E-state index in [4.69, 9.17) is 5.11 Å². The van der Waals surface area contributed by atoms with E-state index >= 15 is 0 Å². The highest BCUT2D eigenvalue weighted by atomic mass is 16.6. The summed E-state index contributed by atoms with van der Waals surface area (Å²) < 4.78 is 0. The van der Waals surface area contributed by atoms with Crippen molar-refractivity contribution >= 4 is 11.7 Å². The molecule has 0 bridgehead atoms. The van der Waals surface area contributed by atoms with E-state index in [0.717, 1.165) is 12.1 Å². The van der Waals surface area contributed by atoms with Gasteiger partial charge in [-0.05, 0) is 17.7 Å². The lowest BCUT2D eigenvalue weighted by atomic mass is 9.97. The number of carboxylic acid groups (broad SMARTS) is 1. The Hall–Kier alpha value is -2.89. The lowest BCUT2D eigenvalue weighted by Gasteiger charge is -2.08. The highest BCUT2D eigenvalue weighted by Crippen LogP contribution is 2.39. The van der Waals surface area contributed by atoms with Crippen LogP contribution in [0.15, 0.2) is 42.5 Å². The average molecular weight is 259 g/mol. The predicted octanol–water partition coefficient (Wildman–Crippen LogP) is 2.67. The molecule has 0 saturated heterocycles. The highest BCUT2D eigenvalue weighted by molar-refractivity contribution is 6.00. The number of phenols is 1. The first-order valence-electron chi connectivity index (χ1n) is 5.31. The number of nitro benzene ring substituents is 1. The molecule has 0 aliphatic rings. The van der Waals surface area contributed by atoms with Crippen LogP contribution in [0.2, 0.25) is 0 Å².